The third kappa shape index (κ3) is 1.70. The number of rotatable bonds is 3. The molecule has 0 aromatic heterocycles. The summed E-state index contributed by atoms with van der Waals surface area (Å²) >= 11 is 0. The van der Waals surface area contributed by atoms with Crippen molar-refractivity contribution >= 4 is 5.91 Å². The molecule has 3 heteroatoms. The predicted molar refractivity (Wildman–Crippen MR) is 51.1 cm³/mol. The van der Waals surface area contributed by atoms with E-state index in [9.17, 15) is 4.79 Å². The van der Waals surface area contributed by atoms with Gasteiger partial charge in [0, 0.05) is 19.0 Å². The van der Waals surface area contributed by atoms with Gasteiger partial charge in [-0.3, -0.25) is 4.79 Å². The van der Waals surface area contributed by atoms with Gasteiger partial charge in [-0.05, 0) is 19.3 Å². The van der Waals surface area contributed by atoms with Crippen LogP contribution in [0.25, 0.3) is 0 Å². The molecule has 0 spiro atoms. The molecule has 0 aromatic carbocycles. The molecule has 13 heavy (non-hydrogen) atoms. The molecule has 0 unspecified atom stereocenters. The highest BCUT2D eigenvalue weighted by atomic mass is 16.2. The van der Waals surface area contributed by atoms with Gasteiger partial charge in [0.25, 0.3) is 0 Å². The fraction of sp³-hybridized carbons (Fsp3) is 0.900. The smallest absolute Gasteiger partial charge is 0.225 e. The van der Waals surface area contributed by atoms with Crippen LogP contribution in [-0.2, 0) is 4.79 Å². The van der Waals surface area contributed by atoms with E-state index in [1.54, 1.807) is 0 Å². The number of amides is 1. The number of nitrogens with two attached hydrogens (primary N) is 1. The second-order valence-electron chi connectivity index (χ2n) is 4.58. The second-order valence-corrected chi connectivity index (χ2v) is 4.58. The third-order valence-electron chi connectivity index (χ3n) is 3.00. The Labute approximate surface area is 79.3 Å². The van der Waals surface area contributed by atoms with Gasteiger partial charge in [0.05, 0.1) is 5.54 Å². The summed E-state index contributed by atoms with van der Waals surface area (Å²) in [5, 5.41) is 0. The first-order chi connectivity index (χ1) is 6.14. The second kappa shape index (κ2) is 2.98. The zero-order chi connectivity index (χ0) is 9.47. The molecule has 1 saturated heterocycles. The average Bonchev–Trinajstić information content (AvgIpc) is 2.81. The predicted octanol–water partition coefficient (Wildman–Crippen LogP) is 0.736. The molecule has 3 nitrogen and oxygen atoms in total. The van der Waals surface area contributed by atoms with E-state index in [0.29, 0.717) is 11.8 Å². The highest BCUT2D eigenvalue weighted by Gasteiger charge is 2.45. The normalized spacial score (nSPS) is 25.5. The fourth-order valence-electron chi connectivity index (χ4n) is 2.11. The Hall–Kier alpha value is -0.570. The number of carbonyl (C=O) groups is 1. The van der Waals surface area contributed by atoms with Crippen LogP contribution < -0.4 is 5.73 Å². The zero-order valence-corrected chi connectivity index (χ0v) is 8.25. The van der Waals surface area contributed by atoms with Gasteiger partial charge in [-0.15, -0.1) is 0 Å². The molecule has 0 radical (unpaired) electrons. The Morgan fingerprint density at radius 3 is 2.62 bits per heavy atom. The number of carbonyl (C=O) groups excluding carboxylic acids is 1. The Morgan fingerprint density at radius 1 is 1.54 bits per heavy atom. The van der Waals surface area contributed by atoms with Gasteiger partial charge in [0.1, 0.15) is 0 Å². The van der Waals surface area contributed by atoms with Gasteiger partial charge in [-0.2, -0.15) is 0 Å². The van der Waals surface area contributed by atoms with Crippen molar-refractivity contribution in [2.24, 2.45) is 11.7 Å². The lowest BCUT2D eigenvalue weighted by Crippen LogP contribution is -2.68. The summed E-state index contributed by atoms with van der Waals surface area (Å²) in [7, 11) is 0. The van der Waals surface area contributed by atoms with Crippen molar-refractivity contribution in [3.63, 3.8) is 0 Å². The summed E-state index contributed by atoms with van der Waals surface area (Å²) in [6.07, 6.45) is 4.35. The molecule has 2 fully saturated rings. The average molecular weight is 182 g/mol. The summed E-state index contributed by atoms with van der Waals surface area (Å²) in [5.41, 5.74) is 6.01. The molecule has 74 valence electrons. The Bertz CT molecular complexity index is 217. The minimum Gasteiger partial charge on any atom is -0.339 e. The summed E-state index contributed by atoms with van der Waals surface area (Å²) in [6.45, 7) is 3.71. The fourth-order valence-corrected chi connectivity index (χ4v) is 2.11. The summed E-state index contributed by atoms with van der Waals surface area (Å²) in [4.78, 5) is 13.5. The largest absolute Gasteiger partial charge is 0.339 e. The van der Waals surface area contributed by atoms with E-state index < -0.39 is 0 Å². The first kappa shape index (κ1) is 9.00. The topological polar surface area (TPSA) is 46.3 Å². The van der Waals surface area contributed by atoms with Crippen LogP contribution in [0.15, 0.2) is 0 Å². The van der Waals surface area contributed by atoms with Crippen molar-refractivity contribution in [2.75, 3.05) is 13.1 Å². The van der Waals surface area contributed by atoms with Crippen molar-refractivity contribution in [3.8, 4) is 0 Å². The van der Waals surface area contributed by atoms with Crippen molar-refractivity contribution in [3.05, 3.63) is 0 Å². The molecule has 1 aliphatic carbocycles. The van der Waals surface area contributed by atoms with E-state index in [0.717, 1.165) is 38.8 Å². The SMILES string of the molecule is CCCC1(N)CN(C(=O)C2CC2)C1. The van der Waals surface area contributed by atoms with Gasteiger partial charge >= 0.3 is 0 Å². The minimum absolute atomic E-state index is 0.0563. The molecule has 1 amide bonds. The molecule has 1 heterocycles. The van der Waals surface area contributed by atoms with E-state index in [4.69, 9.17) is 5.73 Å². The van der Waals surface area contributed by atoms with E-state index in [1.807, 2.05) is 4.90 Å². The molecule has 2 rings (SSSR count). The molecule has 0 bridgehead atoms. The number of hydrogen-bond donors (Lipinski definition) is 1. The maximum Gasteiger partial charge on any atom is 0.225 e. The van der Waals surface area contributed by atoms with Crippen LogP contribution in [0.1, 0.15) is 32.6 Å². The Morgan fingerprint density at radius 2 is 2.15 bits per heavy atom. The third-order valence-corrected chi connectivity index (χ3v) is 3.00. The maximum atomic E-state index is 11.5. The molecule has 2 aliphatic rings. The van der Waals surface area contributed by atoms with E-state index >= 15 is 0 Å². The van der Waals surface area contributed by atoms with Gasteiger partial charge < -0.3 is 10.6 Å². The highest BCUT2D eigenvalue weighted by Crippen LogP contribution is 2.34. The van der Waals surface area contributed by atoms with E-state index in [1.165, 1.54) is 0 Å². The lowest BCUT2D eigenvalue weighted by atomic mass is 9.86. The lowest BCUT2D eigenvalue weighted by Gasteiger charge is -2.48. The molecule has 0 atom stereocenters. The van der Waals surface area contributed by atoms with E-state index in [-0.39, 0.29) is 5.54 Å². The van der Waals surface area contributed by atoms with Crippen LogP contribution in [0.4, 0.5) is 0 Å². The van der Waals surface area contributed by atoms with Crippen molar-refractivity contribution < 1.29 is 4.79 Å². The summed E-state index contributed by atoms with van der Waals surface area (Å²) in [5.74, 6) is 0.698. The van der Waals surface area contributed by atoms with Gasteiger partial charge in [-0.1, -0.05) is 13.3 Å². The molecular weight excluding hydrogens is 164 g/mol. The highest BCUT2D eigenvalue weighted by molar-refractivity contribution is 5.82. The van der Waals surface area contributed by atoms with Crippen LogP contribution in [-0.4, -0.2) is 29.4 Å². The summed E-state index contributed by atoms with van der Waals surface area (Å²) in [6, 6.07) is 0. The van der Waals surface area contributed by atoms with Crippen LogP contribution in [0.5, 0.6) is 0 Å². The van der Waals surface area contributed by atoms with Crippen LogP contribution in [0.2, 0.25) is 0 Å². The quantitative estimate of drug-likeness (QED) is 0.699. The van der Waals surface area contributed by atoms with Gasteiger partial charge in [-0.25, -0.2) is 0 Å². The van der Waals surface area contributed by atoms with Gasteiger partial charge in [0.15, 0.2) is 0 Å². The number of nitrogens with zero attached hydrogens (tertiary/aromatic N) is 1. The molecule has 1 saturated carbocycles. The first-order valence-electron chi connectivity index (χ1n) is 5.22. The Balaban J connectivity index is 1.79. The Kier molecular flexibility index (Phi) is 2.06. The number of hydrogen-bond acceptors (Lipinski definition) is 2. The van der Waals surface area contributed by atoms with Crippen LogP contribution in [0.3, 0.4) is 0 Å². The zero-order valence-electron chi connectivity index (χ0n) is 8.25. The molecule has 2 N–H and O–H groups in total. The van der Waals surface area contributed by atoms with Crippen LogP contribution >= 0.6 is 0 Å². The lowest BCUT2D eigenvalue weighted by molar-refractivity contribution is -0.140. The van der Waals surface area contributed by atoms with Crippen molar-refractivity contribution in [1.82, 2.24) is 4.90 Å². The monoisotopic (exact) mass is 182 g/mol. The minimum atomic E-state index is -0.0563. The van der Waals surface area contributed by atoms with E-state index in [2.05, 4.69) is 6.92 Å². The molecule has 1 aliphatic heterocycles. The van der Waals surface area contributed by atoms with Crippen molar-refractivity contribution in [1.29, 1.82) is 0 Å². The first-order valence-corrected chi connectivity index (χ1v) is 5.22. The van der Waals surface area contributed by atoms with Crippen LogP contribution in [0, 0.1) is 5.92 Å². The standard InChI is InChI=1S/C10H18N2O/c1-2-5-10(11)6-12(7-10)9(13)8-3-4-8/h8H,2-7,11H2,1H3. The maximum absolute atomic E-state index is 11.5. The van der Waals surface area contributed by atoms with Gasteiger partial charge in [0.2, 0.25) is 5.91 Å². The number of likely N-dealkylation sites (tertiary alicyclic amines) is 1. The summed E-state index contributed by atoms with van der Waals surface area (Å²) < 4.78 is 0. The molecular formula is C10H18N2O. The van der Waals surface area contributed by atoms with Crippen molar-refractivity contribution in [2.45, 2.75) is 38.1 Å². The molecule has 0 aromatic rings.